The Bertz CT molecular complexity index is 517. The van der Waals surface area contributed by atoms with E-state index in [0.717, 1.165) is 6.42 Å². The fourth-order valence-corrected chi connectivity index (χ4v) is 2.69. The van der Waals surface area contributed by atoms with Gasteiger partial charge in [0.05, 0.1) is 0 Å². The third kappa shape index (κ3) is 2.42. The molecule has 0 radical (unpaired) electrons. The van der Waals surface area contributed by atoms with Crippen LogP contribution >= 0.6 is 0 Å². The van der Waals surface area contributed by atoms with Gasteiger partial charge < -0.3 is 9.64 Å². The summed E-state index contributed by atoms with van der Waals surface area (Å²) in [5.41, 5.74) is 0. The summed E-state index contributed by atoms with van der Waals surface area (Å²) < 4.78 is 9.92. The number of aromatic nitrogens is 2. The first kappa shape index (κ1) is 12.4. The molecule has 19 heavy (non-hydrogen) atoms. The summed E-state index contributed by atoms with van der Waals surface area (Å²) in [6.45, 7) is 4.11. The minimum Gasteiger partial charge on any atom is -0.368 e. The van der Waals surface area contributed by atoms with Crippen molar-refractivity contribution in [3.63, 3.8) is 0 Å². The predicted octanol–water partition coefficient (Wildman–Crippen LogP) is -0.211. The lowest BCUT2D eigenvalue weighted by atomic mass is 9.93. The SMILES string of the molecule is C[C@@H]1CCO[C@@H]1C(=O)N1CC(Cc2noc(=O)[nH]2)C1. The summed E-state index contributed by atoms with van der Waals surface area (Å²) in [5.74, 6) is 0.748. The quantitative estimate of drug-likeness (QED) is 0.818. The topological polar surface area (TPSA) is 88.4 Å². The molecule has 0 spiro atoms. The fraction of sp³-hybridized carbons (Fsp3) is 0.750. The molecule has 1 aromatic rings. The number of carbonyl (C=O) groups is 1. The van der Waals surface area contributed by atoms with Gasteiger partial charge in [-0.05, 0) is 12.3 Å². The Morgan fingerprint density at radius 1 is 1.53 bits per heavy atom. The molecule has 7 nitrogen and oxygen atoms in total. The minimum absolute atomic E-state index is 0.0925. The standard InChI is InChI=1S/C12H17N3O4/c1-7-2-3-18-10(7)11(16)15-5-8(6-15)4-9-13-12(17)19-14-9/h7-8,10H,2-6H2,1H3,(H,13,14,17)/t7-,10+/m1/s1. The number of likely N-dealkylation sites (tertiary alicyclic amines) is 1. The van der Waals surface area contributed by atoms with Crippen molar-refractivity contribution in [1.82, 2.24) is 15.0 Å². The van der Waals surface area contributed by atoms with Crippen molar-refractivity contribution >= 4 is 5.91 Å². The lowest BCUT2D eigenvalue weighted by Crippen LogP contribution is -2.54. The lowest BCUT2D eigenvalue weighted by molar-refractivity contribution is -0.149. The number of nitrogens with one attached hydrogen (secondary N) is 1. The molecule has 1 aromatic heterocycles. The van der Waals surface area contributed by atoms with Gasteiger partial charge in [-0.2, -0.15) is 0 Å². The van der Waals surface area contributed by atoms with Crippen molar-refractivity contribution in [2.75, 3.05) is 19.7 Å². The van der Waals surface area contributed by atoms with Gasteiger partial charge in [0, 0.05) is 32.0 Å². The molecule has 3 rings (SSSR count). The van der Waals surface area contributed by atoms with Gasteiger partial charge in [0.2, 0.25) is 0 Å². The van der Waals surface area contributed by atoms with Gasteiger partial charge in [-0.3, -0.25) is 14.3 Å². The van der Waals surface area contributed by atoms with Crippen LogP contribution in [0.3, 0.4) is 0 Å². The van der Waals surface area contributed by atoms with Crippen molar-refractivity contribution in [2.24, 2.45) is 11.8 Å². The third-order valence-corrected chi connectivity index (χ3v) is 3.87. The Morgan fingerprint density at radius 3 is 2.89 bits per heavy atom. The summed E-state index contributed by atoms with van der Waals surface area (Å²) in [4.78, 5) is 27.3. The zero-order valence-corrected chi connectivity index (χ0v) is 10.8. The molecular formula is C12H17N3O4. The average Bonchev–Trinajstić information content (AvgIpc) is 2.91. The number of amides is 1. The zero-order valence-electron chi connectivity index (χ0n) is 10.8. The van der Waals surface area contributed by atoms with E-state index < -0.39 is 5.76 Å². The van der Waals surface area contributed by atoms with E-state index in [1.807, 2.05) is 11.8 Å². The van der Waals surface area contributed by atoms with E-state index in [-0.39, 0.29) is 12.0 Å². The van der Waals surface area contributed by atoms with Gasteiger partial charge in [-0.25, -0.2) is 4.79 Å². The van der Waals surface area contributed by atoms with E-state index in [0.29, 0.717) is 43.8 Å². The van der Waals surface area contributed by atoms with E-state index in [2.05, 4.69) is 14.7 Å². The summed E-state index contributed by atoms with van der Waals surface area (Å²) >= 11 is 0. The first-order valence-electron chi connectivity index (χ1n) is 6.58. The predicted molar refractivity (Wildman–Crippen MR) is 64.4 cm³/mol. The summed E-state index contributed by atoms with van der Waals surface area (Å²) in [6, 6.07) is 0. The number of rotatable bonds is 3. The third-order valence-electron chi connectivity index (χ3n) is 3.87. The van der Waals surface area contributed by atoms with E-state index in [1.54, 1.807) is 0 Å². The Labute approximate surface area is 109 Å². The smallest absolute Gasteiger partial charge is 0.368 e. The zero-order chi connectivity index (χ0) is 13.4. The number of nitrogens with zero attached hydrogens (tertiary/aromatic N) is 2. The van der Waals surface area contributed by atoms with Crippen LogP contribution in [0.4, 0.5) is 0 Å². The highest BCUT2D eigenvalue weighted by atomic mass is 16.5. The van der Waals surface area contributed by atoms with E-state index in [1.165, 1.54) is 0 Å². The number of ether oxygens (including phenoxy) is 1. The number of aromatic amines is 1. The molecule has 0 aromatic carbocycles. The van der Waals surface area contributed by atoms with Crippen molar-refractivity contribution in [3.05, 3.63) is 16.4 Å². The maximum Gasteiger partial charge on any atom is 0.438 e. The van der Waals surface area contributed by atoms with Gasteiger partial charge in [0.25, 0.3) is 5.91 Å². The summed E-state index contributed by atoms with van der Waals surface area (Å²) in [6.07, 6.45) is 1.32. The molecule has 0 bridgehead atoms. The highest BCUT2D eigenvalue weighted by molar-refractivity contribution is 5.82. The molecule has 1 amide bonds. The Kier molecular flexibility index (Phi) is 3.14. The van der Waals surface area contributed by atoms with Crippen molar-refractivity contribution in [3.8, 4) is 0 Å². The van der Waals surface area contributed by atoms with Gasteiger partial charge in [0.1, 0.15) is 6.10 Å². The second-order valence-corrected chi connectivity index (χ2v) is 5.41. The van der Waals surface area contributed by atoms with Crippen LogP contribution in [-0.2, 0) is 16.0 Å². The van der Waals surface area contributed by atoms with Crippen LogP contribution < -0.4 is 5.76 Å². The van der Waals surface area contributed by atoms with Crippen LogP contribution in [0.5, 0.6) is 0 Å². The second-order valence-electron chi connectivity index (χ2n) is 5.41. The Hall–Kier alpha value is -1.63. The van der Waals surface area contributed by atoms with Gasteiger partial charge in [-0.1, -0.05) is 12.1 Å². The fourth-order valence-electron chi connectivity index (χ4n) is 2.69. The van der Waals surface area contributed by atoms with Crippen LogP contribution in [0.15, 0.2) is 9.32 Å². The number of H-pyrrole nitrogens is 1. The van der Waals surface area contributed by atoms with Crippen LogP contribution in [0, 0.1) is 11.8 Å². The molecule has 0 aliphatic carbocycles. The number of hydrogen-bond acceptors (Lipinski definition) is 5. The van der Waals surface area contributed by atoms with Crippen LogP contribution in [0.25, 0.3) is 0 Å². The molecule has 2 atom stereocenters. The summed E-state index contributed by atoms with van der Waals surface area (Å²) in [7, 11) is 0. The Morgan fingerprint density at radius 2 is 2.32 bits per heavy atom. The monoisotopic (exact) mass is 267 g/mol. The maximum atomic E-state index is 12.1. The van der Waals surface area contributed by atoms with Gasteiger partial charge in [-0.15, -0.1) is 0 Å². The maximum absolute atomic E-state index is 12.1. The second kappa shape index (κ2) is 4.80. The molecule has 2 fully saturated rings. The molecule has 104 valence electrons. The molecule has 0 unspecified atom stereocenters. The minimum atomic E-state index is -0.532. The molecule has 0 saturated carbocycles. The molecule has 2 aliphatic rings. The number of hydrogen-bond donors (Lipinski definition) is 1. The van der Waals surface area contributed by atoms with Crippen molar-refractivity contribution in [2.45, 2.75) is 25.9 Å². The van der Waals surface area contributed by atoms with E-state index >= 15 is 0 Å². The highest BCUT2D eigenvalue weighted by Crippen LogP contribution is 2.26. The average molecular weight is 267 g/mol. The molecule has 1 N–H and O–H groups in total. The molecule has 2 saturated heterocycles. The summed E-state index contributed by atoms with van der Waals surface area (Å²) in [5, 5.41) is 3.63. The number of carbonyl (C=O) groups excluding carboxylic acids is 1. The van der Waals surface area contributed by atoms with Gasteiger partial charge in [0.15, 0.2) is 5.82 Å². The largest absolute Gasteiger partial charge is 0.438 e. The van der Waals surface area contributed by atoms with Crippen molar-refractivity contribution < 1.29 is 14.1 Å². The van der Waals surface area contributed by atoms with Crippen molar-refractivity contribution in [1.29, 1.82) is 0 Å². The molecule has 3 heterocycles. The first-order chi connectivity index (χ1) is 9.13. The van der Waals surface area contributed by atoms with Crippen LogP contribution in [0.2, 0.25) is 0 Å². The first-order valence-corrected chi connectivity index (χ1v) is 6.58. The lowest BCUT2D eigenvalue weighted by Gasteiger charge is -2.40. The van der Waals surface area contributed by atoms with Crippen LogP contribution in [-0.4, -0.2) is 46.7 Å². The molecule has 7 heteroatoms. The van der Waals surface area contributed by atoms with E-state index in [9.17, 15) is 9.59 Å². The van der Waals surface area contributed by atoms with E-state index in [4.69, 9.17) is 4.74 Å². The molecule has 2 aliphatic heterocycles. The van der Waals surface area contributed by atoms with Gasteiger partial charge >= 0.3 is 5.76 Å². The highest BCUT2D eigenvalue weighted by Gasteiger charge is 2.39. The molecular weight excluding hydrogens is 250 g/mol. The Balaban J connectivity index is 1.49. The van der Waals surface area contributed by atoms with Crippen LogP contribution in [0.1, 0.15) is 19.2 Å². The normalized spacial score (nSPS) is 27.5.